The van der Waals surface area contributed by atoms with E-state index in [1.165, 1.54) is 24.3 Å². The first-order valence-electron chi connectivity index (χ1n) is 4.81. The van der Waals surface area contributed by atoms with Crippen LogP contribution < -0.4 is 0 Å². The molecule has 0 fully saturated rings. The maximum atomic E-state index is 11.5. The molecular formula is C11H10O5. The Morgan fingerprint density at radius 2 is 1.62 bits per heavy atom. The molecule has 1 aromatic carbocycles. The smallest absolute Gasteiger partial charge is 0.373 e. The highest BCUT2D eigenvalue weighted by atomic mass is 17.2. The zero-order valence-electron chi connectivity index (χ0n) is 8.64. The molecule has 16 heavy (non-hydrogen) atoms. The van der Waals surface area contributed by atoms with Crippen LogP contribution in [0.15, 0.2) is 24.3 Å². The van der Waals surface area contributed by atoms with Gasteiger partial charge in [0.2, 0.25) is 0 Å². The van der Waals surface area contributed by atoms with Gasteiger partial charge in [-0.2, -0.15) is 4.89 Å². The summed E-state index contributed by atoms with van der Waals surface area (Å²) in [6, 6.07) is 5.99. The number of hydrogen-bond acceptors (Lipinski definition) is 5. The summed E-state index contributed by atoms with van der Waals surface area (Å²) in [7, 11) is 0. The van der Waals surface area contributed by atoms with Gasteiger partial charge >= 0.3 is 11.9 Å². The van der Waals surface area contributed by atoms with Gasteiger partial charge in [-0.05, 0) is 31.2 Å². The predicted octanol–water partition coefficient (Wildman–Crippen LogP) is 1.33. The summed E-state index contributed by atoms with van der Waals surface area (Å²) in [5.41, 5.74) is 0.719. The van der Waals surface area contributed by atoms with E-state index in [0.29, 0.717) is 11.1 Å². The Kier molecular flexibility index (Phi) is 2.87. The molecule has 0 aromatic heterocycles. The van der Waals surface area contributed by atoms with E-state index in [4.69, 9.17) is 4.74 Å². The van der Waals surface area contributed by atoms with Crippen LogP contribution in [0.1, 0.15) is 27.6 Å². The number of benzene rings is 1. The maximum absolute atomic E-state index is 11.5. The number of rotatable bonds is 0. The molecule has 84 valence electrons. The van der Waals surface area contributed by atoms with Crippen LogP contribution >= 0.6 is 0 Å². The van der Waals surface area contributed by atoms with E-state index in [1.807, 2.05) is 0 Å². The largest absolute Gasteiger partial charge is 0.456 e. The number of fused-ring (bicyclic) bond motifs is 8. The van der Waals surface area contributed by atoms with Crippen molar-refractivity contribution in [3.8, 4) is 0 Å². The lowest BCUT2D eigenvalue weighted by Crippen LogP contribution is -2.20. The first kappa shape index (κ1) is 10.6. The molecule has 0 spiro atoms. The second-order valence-corrected chi connectivity index (χ2v) is 3.45. The minimum Gasteiger partial charge on any atom is -0.456 e. The fraction of sp³-hybridized carbons (Fsp3) is 0.273. The highest BCUT2D eigenvalue weighted by molar-refractivity contribution is 5.93. The summed E-state index contributed by atoms with van der Waals surface area (Å²) in [6.45, 7) is 1.66. The van der Waals surface area contributed by atoms with E-state index in [0.717, 1.165) is 0 Å². The number of esters is 1. The Morgan fingerprint density at radius 1 is 1.06 bits per heavy atom. The lowest BCUT2D eigenvalue weighted by molar-refractivity contribution is -0.252. The molecule has 1 aromatic rings. The summed E-state index contributed by atoms with van der Waals surface area (Å²) in [5, 5.41) is 0. The van der Waals surface area contributed by atoms with Crippen LogP contribution in [0.4, 0.5) is 0 Å². The van der Waals surface area contributed by atoms with Crippen LogP contribution in [0, 0.1) is 0 Å². The molecule has 5 heteroatoms. The number of ether oxygens (including phenoxy) is 1. The molecular weight excluding hydrogens is 212 g/mol. The van der Waals surface area contributed by atoms with Gasteiger partial charge in [0.1, 0.15) is 12.7 Å². The Morgan fingerprint density at radius 3 is 2.25 bits per heavy atom. The summed E-state index contributed by atoms with van der Waals surface area (Å²) >= 11 is 0. The maximum Gasteiger partial charge on any atom is 0.373 e. The molecule has 0 N–H and O–H groups in total. The first-order valence-corrected chi connectivity index (χ1v) is 4.81. The molecule has 2 heterocycles. The van der Waals surface area contributed by atoms with Crippen molar-refractivity contribution in [2.75, 3.05) is 6.61 Å². The van der Waals surface area contributed by atoms with Gasteiger partial charge in [-0.3, -0.25) is 4.89 Å². The van der Waals surface area contributed by atoms with Gasteiger partial charge in [-0.1, -0.05) is 0 Å². The highest BCUT2D eigenvalue weighted by Crippen LogP contribution is 2.10. The molecule has 2 aliphatic rings. The van der Waals surface area contributed by atoms with E-state index in [2.05, 4.69) is 9.78 Å². The predicted molar refractivity (Wildman–Crippen MR) is 52.7 cm³/mol. The van der Waals surface area contributed by atoms with Crippen molar-refractivity contribution in [2.45, 2.75) is 13.0 Å². The summed E-state index contributed by atoms with van der Waals surface area (Å²) < 4.78 is 5.04. The van der Waals surface area contributed by atoms with E-state index < -0.39 is 18.0 Å². The monoisotopic (exact) mass is 222 g/mol. The van der Waals surface area contributed by atoms with Gasteiger partial charge < -0.3 is 4.74 Å². The summed E-state index contributed by atoms with van der Waals surface area (Å²) in [6.07, 6.45) is -0.475. The normalized spacial score (nSPS) is 20.9. The second-order valence-electron chi connectivity index (χ2n) is 3.45. The zero-order chi connectivity index (χ0) is 11.5. The first-order chi connectivity index (χ1) is 7.66. The van der Waals surface area contributed by atoms with Crippen LogP contribution in [0.5, 0.6) is 0 Å². The van der Waals surface area contributed by atoms with E-state index in [-0.39, 0.29) is 6.61 Å². The Hall–Kier alpha value is -1.88. The molecule has 3 rings (SSSR count). The topological polar surface area (TPSA) is 61.8 Å². The van der Waals surface area contributed by atoms with Gasteiger partial charge in [0, 0.05) is 0 Å². The Labute approximate surface area is 91.8 Å². The molecule has 1 unspecified atom stereocenters. The van der Waals surface area contributed by atoms with Crippen LogP contribution in [-0.4, -0.2) is 24.6 Å². The van der Waals surface area contributed by atoms with Crippen molar-refractivity contribution < 1.29 is 24.1 Å². The molecule has 5 nitrogen and oxygen atoms in total. The Balaban J connectivity index is 2.31. The van der Waals surface area contributed by atoms with Gasteiger partial charge in [0.15, 0.2) is 0 Å². The van der Waals surface area contributed by atoms with E-state index >= 15 is 0 Å². The fourth-order valence-corrected chi connectivity index (χ4v) is 1.26. The van der Waals surface area contributed by atoms with Crippen LogP contribution in [0.3, 0.4) is 0 Å². The van der Waals surface area contributed by atoms with Crippen molar-refractivity contribution in [1.29, 1.82) is 0 Å². The quantitative estimate of drug-likeness (QED) is 0.489. The molecule has 0 amide bonds. The molecule has 0 aliphatic carbocycles. The minimum absolute atomic E-state index is 0.0119. The van der Waals surface area contributed by atoms with Gasteiger partial charge in [-0.25, -0.2) is 9.59 Å². The van der Waals surface area contributed by atoms with E-state index in [9.17, 15) is 9.59 Å². The summed E-state index contributed by atoms with van der Waals surface area (Å²) in [5.74, 6) is -1.04. The van der Waals surface area contributed by atoms with Gasteiger partial charge in [0.05, 0.1) is 11.1 Å². The number of carbonyl (C=O) groups is 2. The van der Waals surface area contributed by atoms with Gasteiger partial charge in [0.25, 0.3) is 0 Å². The average molecular weight is 222 g/mol. The summed E-state index contributed by atoms with van der Waals surface area (Å²) in [4.78, 5) is 32.1. The zero-order valence-corrected chi connectivity index (χ0v) is 8.64. The molecule has 0 saturated carbocycles. The molecule has 2 aliphatic heterocycles. The van der Waals surface area contributed by atoms with Crippen LogP contribution in [-0.2, 0) is 14.5 Å². The van der Waals surface area contributed by atoms with Gasteiger partial charge in [-0.15, -0.1) is 0 Å². The molecule has 0 radical (unpaired) electrons. The van der Waals surface area contributed by atoms with E-state index in [1.54, 1.807) is 6.92 Å². The standard InChI is InChI=1S/C11H10O5/c1-7-6-14-16-11(13)9-4-2-8(3-5-9)10(12)15-7/h2-5,7H,6H2,1H3. The number of carbonyl (C=O) groups excluding carboxylic acids is 2. The Bertz CT molecular complexity index is 409. The van der Waals surface area contributed by atoms with Crippen molar-refractivity contribution >= 4 is 11.9 Å². The third-order valence-corrected chi connectivity index (χ3v) is 2.10. The van der Waals surface area contributed by atoms with Crippen molar-refractivity contribution in [3.05, 3.63) is 35.4 Å². The third-order valence-electron chi connectivity index (χ3n) is 2.10. The lowest BCUT2D eigenvalue weighted by Gasteiger charge is -2.11. The highest BCUT2D eigenvalue weighted by Gasteiger charge is 2.17. The van der Waals surface area contributed by atoms with Crippen LogP contribution in [0.2, 0.25) is 0 Å². The second kappa shape index (κ2) is 4.32. The molecule has 2 bridgehead atoms. The van der Waals surface area contributed by atoms with Crippen molar-refractivity contribution in [3.63, 3.8) is 0 Å². The van der Waals surface area contributed by atoms with Crippen molar-refractivity contribution in [1.82, 2.24) is 0 Å². The number of hydrogen-bond donors (Lipinski definition) is 0. The molecule has 1 atom stereocenters. The van der Waals surface area contributed by atoms with Crippen LogP contribution in [0.25, 0.3) is 0 Å². The van der Waals surface area contributed by atoms with Crippen molar-refractivity contribution in [2.24, 2.45) is 0 Å². The fourth-order valence-electron chi connectivity index (χ4n) is 1.26. The minimum atomic E-state index is -0.590. The molecule has 0 saturated heterocycles. The third kappa shape index (κ3) is 2.20. The lowest BCUT2D eigenvalue weighted by atomic mass is 10.1. The average Bonchev–Trinajstić information content (AvgIpc) is 2.31. The SMILES string of the molecule is CC1COOC(=O)c2ccc(cc2)C(=O)O1.